The van der Waals surface area contributed by atoms with Gasteiger partial charge in [0.15, 0.2) is 11.5 Å². The van der Waals surface area contributed by atoms with Crippen LogP contribution < -0.4 is 9.47 Å². The summed E-state index contributed by atoms with van der Waals surface area (Å²) in [6.45, 7) is 2.60. The molecule has 2 unspecified atom stereocenters. The number of benzene rings is 2. The first-order valence-corrected chi connectivity index (χ1v) is 9.58. The van der Waals surface area contributed by atoms with Gasteiger partial charge in [0.25, 0.3) is 0 Å². The fourth-order valence-electron chi connectivity index (χ4n) is 3.15. The Morgan fingerprint density at radius 2 is 1.76 bits per heavy atom. The molecule has 4 rings (SSSR count). The minimum atomic E-state index is -3.64. The van der Waals surface area contributed by atoms with Crippen molar-refractivity contribution in [2.45, 2.75) is 24.0 Å². The first-order valence-electron chi connectivity index (χ1n) is 8.14. The second kappa shape index (κ2) is 6.33. The number of nitrogens with zero attached hydrogens (tertiary/aromatic N) is 1. The molecule has 1 fully saturated rings. The van der Waals surface area contributed by atoms with Crippen LogP contribution in [0, 0.1) is 0 Å². The van der Waals surface area contributed by atoms with Crippen LogP contribution in [0.25, 0.3) is 0 Å². The largest absolute Gasteiger partial charge is 0.454 e. The van der Waals surface area contributed by atoms with Gasteiger partial charge in [-0.1, -0.05) is 30.3 Å². The van der Waals surface area contributed by atoms with Crippen LogP contribution in [0.1, 0.15) is 18.6 Å². The van der Waals surface area contributed by atoms with Crippen molar-refractivity contribution in [2.24, 2.45) is 0 Å². The maximum Gasteiger partial charge on any atom is 0.243 e. The Morgan fingerprint density at radius 1 is 1.00 bits per heavy atom. The third kappa shape index (κ3) is 3.10. The molecular formula is C18H19NO5S. The minimum absolute atomic E-state index is 0.115. The maximum absolute atomic E-state index is 13.1. The molecule has 0 radical (unpaired) electrons. The van der Waals surface area contributed by atoms with E-state index in [2.05, 4.69) is 0 Å². The fourth-order valence-corrected chi connectivity index (χ4v) is 4.68. The summed E-state index contributed by atoms with van der Waals surface area (Å²) in [7, 11) is -3.64. The molecular weight excluding hydrogens is 342 g/mol. The van der Waals surface area contributed by atoms with Crippen LogP contribution in [0.15, 0.2) is 53.4 Å². The first kappa shape index (κ1) is 16.4. The molecule has 0 spiro atoms. The van der Waals surface area contributed by atoms with Gasteiger partial charge in [-0.25, -0.2) is 8.42 Å². The molecule has 2 aromatic rings. The van der Waals surface area contributed by atoms with Gasteiger partial charge >= 0.3 is 0 Å². The molecule has 0 N–H and O–H groups in total. The number of ether oxygens (including phenoxy) is 3. The van der Waals surface area contributed by atoms with E-state index in [0.29, 0.717) is 18.0 Å². The Bertz CT molecular complexity index is 868. The SMILES string of the molecule is CC1CN(S(=O)(=O)c2ccc3c(c2)OCO3)CC(c2ccccc2)O1. The van der Waals surface area contributed by atoms with Crippen LogP contribution in [0.2, 0.25) is 0 Å². The molecule has 132 valence electrons. The topological polar surface area (TPSA) is 65.1 Å². The number of fused-ring (bicyclic) bond motifs is 1. The Morgan fingerprint density at radius 3 is 2.56 bits per heavy atom. The van der Waals surface area contributed by atoms with Gasteiger partial charge in [-0.2, -0.15) is 4.31 Å². The average molecular weight is 361 g/mol. The summed E-state index contributed by atoms with van der Waals surface area (Å²) in [5.41, 5.74) is 0.972. The molecule has 2 aromatic carbocycles. The average Bonchev–Trinajstić information content (AvgIpc) is 3.09. The van der Waals surface area contributed by atoms with Crippen molar-refractivity contribution in [3.8, 4) is 11.5 Å². The van der Waals surface area contributed by atoms with E-state index in [1.165, 1.54) is 10.4 Å². The second-order valence-corrected chi connectivity index (χ2v) is 8.12. The van der Waals surface area contributed by atoms with Gasteiger partial charge in [0, 0.05) is 19.2 Å². The van der Waals surface area contributed by atoms with E-state index in [1.807, 2.05) is 37.3 Å². The van der Waals surface area contributed by atoms with E-state index in [9.17, 15) is 8.42 Å². The third-order valence-corrected chi connectivity index (χ3v) is 6.21. The summed E-state index contributed by atoms with van der Waals surface area (Å²) in [5.74, 6) is 1.03. The molecule has 0 amide bonds. The molecule has 0 bridgehead atoms. The Kier molecular flexibility index (Phi) is 4.15. The number of sulfonamides is 1. The van der Waals surface area contributed by atoms with E-state index in [1.54, 1.807) is 12.1 Å². The molecule has 25 heavy (non-hydrogen) atoms. The third-order valence-electron chi connectivity index (χ3n) is 4.38. The van der Waals surface area contributed by atoms with Crippen molar-refractivity contribution in [1.82, 2.24) is 4.31 Å². The first-order chi connectivity index (χ1) is 12.0. The highest BCUT2D eigenvalue weighted by molar-refractivity contribution is 7.89. The van der Waals surface area contributed by atoms with Crippen LogP contribution >= 0.6 is 0 Å². The smallest absolute Gasteiger partial charge is 0.243 e. The summed E-state index contributed by atoms with van der Waals surface area (Å²) >= 11 is 0. The van der Waals surface area contributed by atoms with Crippen molar-refractivity contribution in [3.63, 3.8) is 0 Å². The maximum atomic E-state index is 13.1. The number of hydrogen-bond donors (Lipinski definition) is 0. The molecule has 2 atom stereocenters. The number of hydrogen-bond acceptors (Lipinski definition) is 5. The van der Waals surface area contributed by atoms with Crippen molar-refractivity contribution < 1.29 is 22.6 Å². The van der Waals surface area contributed by atoms with Gasteiger partial charge in [0.05, 0.1) is 17.1 Å². The van der Waals surface area contributed by atoms with Crippen molar-refractivity contribution >= 4 is 10.0 Å². The highest BCUT2D eigenvalue weighted by atomic mass is 32.2. The zero-order valence-electron chi connectivity index (χ0n) is 13.8. The predicted octanol–water partition coefficient (Wildman–Crippen LogP) is 2.57. The zero-order chi connectivity index (χ0) is 17.4. The predicted molar refractivity (Wildman–Crippen MR) is 91.1 cm³/mol. The van der Waals surface area contributed by atoms with Crippen LogP contribution in [0.4, 0.5) is 0 Å². The van der Waals surface area contributed by atoms with Gasteiger partial charge in [-0.3, -0.25) is 0 Å². The molecule has 0 aromatic heterocycles. The Labute approximate surface area is 147 Å². The second-order valence-electron chi connectivity index (χ2n) is 6.18. The molecule has 6 nitrogen and oxygen atoms in total. The van der Waals surface area contributed by atoms with E-state index in [-0.39, 0.29) is 30.4 Å². The van der Waals surface area contributed by atoms with Crippen LogP contribution in [-0.2, 0) is 14.8 Å². The van der Waals surface area contributed by atoms with Crippen LogP contribution in [0.3, 0.4) is 0 Å². The highest BCUT2D eigenvalue weighted by Crippen LogP contribution is 2.36. The molecule has 1 saturated heterocycles. The summed E-state index contributed by atoms with van der Waals surface area (Å²) in [6, 6.07) is 14.4. The highest BCUT2D eigenvalue weighted by Gasteiger charge is 2.35. The van der Waals surface area contributed by atoms with Gasteiger partial charge in [-0.05, 0) is 24.6 Å². The summed E-state index contributed by atoms with van der Waals surface area (Å²) in [5, 5.41) is 0. The quantitative estimate of drug-likeness (QED) is 0.841. The van der Waals surface area contributed by atoms with E-state index >= 15 is 0 Å². The van der Waals surface area contributed by atoms with Crippen LogP contribution in [-0.4, -0.2) is 38.7 Å². The van der Waals surface area contributed by atoms with Crippen molar-refractivity contribution in [2.75, 3.05) is 19.9 Å². The monoisotopic (exact) mass is 361 g/mol. The number of rotatable bonds is 3. The molecule has 0 aliphatic carbocycles. The van der Waals surface area contributed by atoms with E-state index < -0.39 is 10.0 Å². The van der Waals surface area contributed by atoms with E-state index in [0.717, 1.165) is 5.56 Å². The fraction of sp³-hybridized carbons (Fsp3) is 0.333. The standard InChI is InChI=1S/C18H19NO5S/c1-13-10-19(11-18(24-13)14-5-3-2-4-6-14)25(20,21)15-7-8-16-17(9-15)23-12-22-16/h2-9,13,18H,10-12H2,1H3. The molecule has 2 heterocycles. The normalized spacial score (nSPS) is 23.6. The van der Waals surface area contributed by atoms with Crippen molar-refractivity contribution in [3.05, 3.63) is 54.1 Å². The van der Waals surface area contributed by atoms with Gasteiger partial charge in [0.1, 0.15) is 0 Å². The Hall–Kier alpha value is -2.09. The van der Waals surface area contributed by atoms with Gasteiger partial charge in [-0.15, -0.1) is 0 Å². The van der Waals surface area contributed by atoms with Crippen LogP contribution in [0.5, 0.6) is 11.5 Å². The molecule has 7 heteroatoms. The minimum Gasteiger partial charge on any atom is -0.454 e. The number of morpholine rings is 1. The van der Waals surface area contributed by atoms with E-state index in [4.69, 9.17) is 14.2 Å². The molecule has 2 aliphatic heterocycles. The summed E-state index contributed by atoms with van der Waals surface area (Å²) in [6.07, 6.45) is -0.475. The lowest BCUT2D eigenvalue weighted by atomic mass is 10.1. The lowest BCUT2D eigenvalue weighted by Gasteiger charge is -2.36. The van der Waals surface area contributed by atoms with Gasteiger partial charge < -0.3 is 14.2 Å². The molecule has 2 aliphatic rings. The lowest BCUT2D eigenvalue weighted by Crippen LogP contribution is -2.45. The van der Waals surface area contributed by atoms with Gasteiger partial charge in [0.2, 0.25) is 16.8 Å². The Balaban J connectivity index is 1.63. The van der Waals surface area contributed by atoms with Crippen molar-refractivity contribution in [1.29, 1.82) is 0 Å². The summed E-state index contributed by atoms with van der Waals surface area (Å²) in [4.78, 5) is 0.206. The molecule has 0 saturated carbocycles. The summed E-state index contributed by atoms with van der Waals surface area (Å²) < 4.78 is 44.2. The lowest BCUT2D eigenvalue weighted by molar-refractivity contribution is -0.0557. The zero-order valence-corrected chi connectivity index (χ0v) is 14.6.